The lowest BCUT2D eigenvalue weighted by atomic mass is 10.0. The number of carbonyl (C=O) groups is 3. The third-order valence-corrected chi connectivity index (χ3v) is 16.4. The molecule has 0 aliphatic rings. The summed E-state index contributed by atoms with van der Waals surface area (Å²) in [6, 6.07) is 0. The first-order valence-corrected chi connectivity index (χ1v) is 37.9. The lowest BCUT2D eigenvalue weighted by Crippen LogP contribution is -2.30. The number of ether oxygens (including phenoxy) is 3. The number of rotatable bonds is 66. The zero-order valence-electron chi connectivity index (χ0n) is 55.8. The lowest BCUT2D eigenvalue weighted by molar-refractivity contribution is -0.161. The second kappa shape index (κ2) is 64.8. The molecule has 0 spiro atoms. The molecule has 16 nitrogen and oxygen atoms in total. The maximum atomic E-state index is 12.9. The van der Waals surface area contributed by atoms with Crippen LogP contribution in [0.2, 0.25) is 0 Å². The largest absolute Gasteiger partial charge is 0.472 e. The van der Waals surface area contributed by atoms with Crippen LogP contribution >= 0.6 is 15.6 Å². The smallest absolute Gasteiger partial charge is 0.463 e. The number of esters is 3. The highest BCUT2D eigenvalue weighted by Gasteiger charge is 2.29. The molecule has 89 heavy (non-hydrogen) atoms. The number of hydrogen-bond donors (Lipinski definition) is 4. The van der Waals surface area contributed by atoms with E-state index in [4.69, 9.17) is 32.3 Å². The zero-order chi connectivity index (χ0) is 65.3. The van der Waals surface area contributed by atoms with E-state index in [1.807, 2.05) is 0 Å². The first kappa shape index (κ1) is 85.7. The highest BCUT2D eigenvalue weighted by Crippen LogP contribution is 2.45. The summed E-state index contributed by atoms with van der Waals surface area (Å²) in [5.74, 6) is -1.60. The summed E-state index contributed by atoms with van der Waals surface area (Å²) in [5.41, 5.74) is 0. The second-order valence-electron chi connectivity index (χ2n) is 23.3. The van der Waals surface area contributed by atoms with Gasteiger partial charge in [-0.15, -0.1) is 0 Å². The van der Waals surface area contributed by atoms with E-state index in [0.29, 0.717) is 19.3 Å². The van der Waals surface area contributed by atoms with Crippen molar-refractivity contribution in [1.29, 1.82) is 0 Å². The summed E-state index contributed by atoms with van der Waals surface area (Å²) in [4.78, 5) is 58.3. The van der Waals surface area contributed by atoms with Crippen molar-refractivity contribution in [2.75, 3.05) is 39.6 Å². The van der Waals surface area contributed by atoms with Crippen LogP contribution in [0.1, 0.15) is 290 Å². The average molecular weight is 1300 g/mol. The van der Waals surface area contributed by atoms with Gasteiger partial charge >= 0.3 is 33.6 Å². The van der Waals surface area contributed by atoms with Crippen molar-refractivity contribution in [3.63, 3.8) is 0 Å². The Kier molecular flexibility index (Phi) is 62.4. The van der Waals surface area contributed by atoms with E-state index in [1.165, 1.54) is 96.3 Å². The third kappa shape index (κ3) is 66.0. The van der Waals surface area contributed by atoms with Crippen molar-refractivity contribution < 1.29 is 75.8 Å². The SMILES string of the molecule is CCC/C=C\C/C=C\CCCCCCCC(=O)OCC(COP(=O)(O)OCC(O)COP(=O)(O)OCC(O)COC(=O)CCCCCCCCCCCCC/C=C\C/C=C\C/C=C\C/C=C\CCCCC)OC(=O)CCCCCCC/C=C\CCCCCC. The standard InChI is InChI=1S/C71H126O16P2/c1-4-7-10-13-16-19-22-25-26-27-28-29-30-31-32-33-34-35-36-37-38-41-43-45-48-51-54-57-69(74)81-60-66(72)61-83-88(77,78)84-62-67(73)63-85-89(79,80)86-65-68(87-71(76)59-56-53-50-47-44-40-24-21-18-15-12-9-6-3)64-82-70(75)58-55-52-49-46-42-39-23-20-17-14-11-8-5-2/h11,14,16,19-21,23-26,28-29,31-32,66-68,72-73H,4-10,12-13,15,17-18,22,27,30,33-65H2,1-3H3,(H,77,78)(H,79,80)/b14-11-,19-16-,23-20-,24-21-,26-25-,29-28-,32-31-. The van der Waals surface area contributed by atoms with Crippen molar-refractivity contribution in [3.8, 4) is 0 Å². The summed E-state index contributed by atoms with van der Waals surface area (Å²) >= 11 is 0. The lowest BCUT2D eigenvalue weighted by Gasteiger charge is -2.21. The molecule has 0 aromatic rings. The number of unbranched alkanes of at least 4 members (excludes halogenated alkanes) is 29. The molecule has 0 bridgehead atoms. The van der Waals surface area contributed by atoms with E-state index < -0.39 is 91.5 Å². The Hall–Kier alpha value is -3.27. The van der Waals surface area contributed by atoms with Gasteiger partial charge in [-0.25, -0.2) is 9.13 Å². The molecule has 0 saturated carbocycles. The molecule has 0 aromatic heterocycles. The topological polar surface area (TPSA) is 231 Å². The molecule has 0 saturated heterocycles. The molecule has 18 heteroatoms. The average Bonchev–Trinajstić information content (AvgIpc) is 3.63. The maximum absolute atomic E-state index is 12.9. The molecule has 0 aromatic carbocycles. The fourth-order valence-corrected chi connectivity index (χ4v) is 10.8. The number of aliphatic hydroxyl groups is 2. The summed E-state index contributed by atoms with van der Waals surface area (Å²) in [5, 5.41) is 20.5. The van der Waals surface area contributed by atoms with Crippen LogP contribution in [0.25, 0.3) is 0 Å². The number of hydrogen-bond acceptors (Lipinski definition) is 14. The van der Waals surface area contributed by atoms with Gasteiger partial charge in [0.1, 0.15) is 25.4 Å². The summed E-state index contributed by atoms with van der Waals surface area (Å²) in [7, 11) is -9.77. The zero-order valence-corrected chi connectivity index (χ0v) is 57.6. The molecule has 0 fully saturated rings. The Bertz CT molecular complexity index is 1970. The third-order valence-electron chi connectivity index (χ3n) is 14.5. The van der Waals surface area contributed by atoms with Gasteiger partial charge in [-0.2, -0.15) is 0 Å². The molecule has 516 valence electrons. The molecule has 5 atom stereocenters. The fraction of sp³-hybridized carbons (Fsp3) is 0.761. The van der Waals surface area contributed by atoms with Gasteiger partial charge in [0, 0.05) is 19.3 Å². The van der Waals surface area contributed by atoms with Gasteiger partial charge in [-0.3, -0.25) is 32.5 Å². The number of carbonyl (C=O) groups excluding carboxylic acids is 3. The number of phosphoric ester groups is 2. The van der Waals surface area contributed by atoms with Crippen LogP contribution in [0, 0.1) is 0 Å². The summed E-state index contributed by atoms with van der Waals surface area (Å²) in [6.45, 7) is 2.54. The molecule has 4 N–H and O–H groups in total. The Balaban J connectivity index is 4.46. The highest BCUT2D eigenvalue weighted by molar-refractivity contribution is 7.47. The van der Waals surface area contributed by atoms with Crippen LogP contribution in [-0.4, -0.2) is 95.9 Å². The molecule has 0 heterocycles. The number of aliphatic hydroxyl groups excluding tert-OH is 2. The van der Waals surface area contributed by atoms with Crippen LogP contribution in [0.5, 0.6) is 0 Å². The molecule has 0 aliphatic carbocycles. The summed E-state index contributed by atoms with van der Waals surface area (Å²) < 4.78 is 60.8. The van der Waals surface area contributed by atoms with Gasteiger partial charge in [0.25, 0.3) is 0 Å². The first-order chi connectivity index (χ1) is 43.2. The first-order valence-electron chi connectivity index (χ1n) is 34.9. The summed E-state index contributed by atoms with van der Waals surface area (Å²) in [6.07, 6.45) is 69.3. The van der Waals surface area contributed by atoms with Gasteiger partial charge in [0.05, 0.1) is 26.4 Å². The Morgan fingerprint density at radius 1 is 0.315 bits per heavy atom. The quantitative estimate of drug-likeness (QED) is 0.0146. The van der Waals surface area contributed by atoms with Crippen LogP contribution in [0.4, 0.5) is 0 Å². The minimum absolute atomic E-state index is 0.0924. The molecule has 0 amide bonds. The Morgan fingerprint density at radius 3 is 0.966 bits per heavy atom. The van der Waals surface area contributed by atoms with Gasteiger partial charge < -0.3 is 34.2 Å². The van der Waals surface area contributed by atoms with Crippen molar-refractivity contribution >= 4 is 33.6 Å². The minimum Gasteiger partial charge on any atom is -0.463 e. The predicted octanol–water partition coefficient (Wildman–Crippen LogP) is 19.3. The Labute approximate surface area is 540 Å². The normalized spacial score (nSPS) is 14.7. The molecule has 0 rings (SSSR count). The Morgan fingerprint density at radius 2 is 0.584 bits per heavy atom. The van der Waals surface area contributed by atoms with E-state index >= 15 is 0 Å². The maximum Gasteiger partial charge on any atom is 0.472 e. The number of phosphoric acid groups is 2. The second-order valence-corrected chi connectivity index (χ2v) is 26.2. The van der Waals surface area contributed by atoms with Crippen LogP contribution in [0.15, 0.2) is 85.1 Å². The van der Waals surface area contributed by atoms with Crippen molar-refractivity contribution in [3.05, 3.63) is 85.1 Å². The van der Waals surface area contributed by atoms with Crippen molar-refractivity contribution in [2.24, 2.45) is 0 Å². The van der Waals surface area contributed by atoms with Crippen molar-refractivity contribution in [2.45, 2.75) is 309 Å². The van der Waals surface area contributed by atoms with Crippen LogP contribution < -0.4 is 0 Å². The minimum atomic E-state index is -4.92. The van der Waals surface area contributed by atoms with E-state index in [9.17, 15) is 43.5 Å². The van der Waals surface area contributed by atoms with E-state index in [1.54, 1.807) is 0 Å². The van der Waals surface area contributed by atoms with E-state index in [0.717, 1.165) is 135 Å². The van der Waals surface area contributed by atoms with Gasteiger partial charge in [0.15, 0.2) is 6.10 Å². The van der Waals surface area contributed by atoms with Gasteiger partial charge in [0.2, 0.25) is 0 Å². The molecule has 5 unspecified atom stereocenters. The molecular formula is C71H126O16P2. The molecule has 0 radical (unpaired) electrons. The fourth-order valence-electron chi connectivity index (χ4n) is 9.17. The monoisotopic (exact) mass is 1300 g/mol. The van der Waals surface area contributed by atoms with Crippen LogP contribution in [-0.2, 0) is 55.8 Å². The van der Waals surface area contributed by atoms with E-state index in [-0.39, 0.29) is 19.3 Å². The highest BCUT2D eigenvalue weighted by atomic mass is 31.2. The predicted molar refractivity (Wildman–Crippen MR) is 362 cm³/mol. The molecule has 0 aliphatic heterocycles. The number of allylic oxidation sites excluding steroid dienone is 14. The van der Waals surface area contributed by atoms with Crippen molar-refractivity contribution in [1.82, 2.24) is 0 Å². The van der Waals surface area contributed by atoms with Crippen LogP contribution in [0.3, 0.4) is 0 Å². The van der Waals surface area contributed by atoms with E-state index in [2.05, 4.69) is 106 Å². The molecular weight excluding hydrogens is 1170 g/mol. The van der Waals surface area contributed by atoms with Gasteiger partial charge in [-0.1, -0.05) is 241 Å². The van der Waals surface area contributed by atoms with Gasteiger partial charge in [-0.05, 0) is 116 Å².